The number of carbonyl (C=O) groups excluding carboxylic acids is 1. The number of rotatable bonds is 5. The van der Waals surface area contributed by atoms with Gasteiger partial charge in [-0.2, -0.15) is 18.3 Å². The number of aromatic nitrogens is 2. The average molecular weight is 515 g/mol. The van der Waals surface area contributed by atoms with Crippen molar-refractivity contribution in [2.24, 2.45) is 7.05 Å². The van der Waals surface area contributed by atoms with E-state index in [1.54, 1.807) is 36.3 Å². The molecule has 2 saturated heterocycles. The number of hydrogen-bond donors (Lipinski definition) is 1. The molecule has 0 atom stereocenters. The molecule has 2 aromatic carbocycles. The molecule has 194 valence electrons. The van der Waals surface area contributed by atoms with E-state index in [1.807, 2.05) is 0 Å². The van der Waals surface area contributed by atoms with Crippen molar-refractivity contribution in [1.82, 2.24) is 14.7 Å². The average Bonchev–Trinajstić information content (AvgIpc) is 3.43. The van der Waals surface area contributed by atoms with Gasteiger partial charge in [-0.25, -0.2) is 9.59 Å². The fourth-order valence-electron chi connectivity index (χ4n) is 4.97. The highest BCUT2D eigenvalue weighted by atomic mass is 19.4. The van der Waals surface area contributed by atoms with Crippen LogP contribution >= 0.6 is 0 Å². The smallest absolute Gasteiger partial charge is 0.416 e. The van der Waals surface area contributed by atoms with Crippen LogP contribution in [0.3, 0.4) is 0 Å². The number of halogens is 3. The van der Waals surface area contributed by atoms with Gasteiger partial charge in [0.25, 0.3) is 0 Å². The fourth-order valence-corrected chi connectivity index (χ4v) is 4.97. The van der Waals surface area contributed by atoms with Gasteiger partial charge in [0.2, 0.25) is 0 Å². The van der Waals surface area contributed by atoms with Crippen LogP contribution in [0.1, 0.15) is 34.3 Å². The molecule has 0 bridgehead atoms. The SMILES string of the molecule is Cn1cc(-c2ccc(C(F)(F)F)cc2CN2CCC3(CC2)CN(c2ccc(C(=O)O)cc2)C(=O)O3)cn1. The number of hydrogen-bond acceptors (Lipinski definition) is 5. The van der Waals surface area contributed by atoms with Gasteiger partial charge in [-0.05, 0) is 47.5 Å². The number of nitrogens with zero attached hydrogens (tertiary/aromatic N) is 4. The van der Waals surface area contributed by atoms with Crippen LogP contribution in [0.4, 0.5) is 23.7 Å². The van der Waals surface area contributed by atoms with Crippen molar-refractivity contribution in [2.45, 2.75) is 31.2 Å². The van der Waals surface area contributed by atoms with Crippen molar-refractivity contribution < 1.29 is 32.6 Å². The maximum Gasteiger partial charge on any atom is 0.416 e. The van der Waals surface area contributed by atoms with Crippen molar-refractivity contribution in [2.75, 3.05) is 24.5 Å². The number of piperidine rings is 1. The predicted molar refractivity (Wildman–Crippen MR) is 128 cm³/mol. The minimum absolute atomic E-state index is 0.125. The van der Waals surface area contributed by atoms with E-state index in [-0.39, 0.29) is 5.56 Å². The zero-order chi connectivity index (χ0) is 26.4. The van der Waals surface area contributed by atoms with Crippen LogP contribution in [0.15, 0.2) is 54.9 Å². The third-order valence-corrected chi connectivity index (χ3v) is 7.01. The van der Waals surface area contributed by atoms with E-state index in [4.69, 9.17) is 9.84 Å². The van der Waals surface area contributed by atoms with E-state index in [9.17, 15) is 22.8 Å². The molecule has 0 unspecified atom stereocenters. The van der Waals surface area contributed by atoms with Gasteiger partial charge in [-0.15, -0.1) is 0 Å². The number of aromatic carboxylic acids is 1. The van der Waals surface area contributed by atoms with Crippen LogP contribution in [-0.2, 0) is 24.5 Å². The van der Waals surface area contributed by atoms with Crippen LogP contribution in [-0.4, -0.2) is 57.1 Å². The molecule has 1 N–H and O–H groups in total. The van der Waals surface area contributed by atoms with Crippen molar-refractivity contribution in [3.8, 4) is 11.1 Å². The van der Waals surface area contributed by atoms with Crippen LogP contribution in [0.5, 0.6) is 0 Å². The molecule has 2 fully saturated rings. The highest BCUT2D eigenvalue weighted by molar-refractivity contribution is 5.92. The third kappa shape index (κ3) is 5.04. The summed E-state index contributed by atoms with van der Waals surface area (Å²) in [6.07, 6.45) is -0.473. The number of carbonyl (C=O) groups is 2. The molecule has 8 nitrogen and oxygen atoms in total. The highest BCUT2D eigenvalue weighted by Crippen LogP contribution is 2.38. The standard InChI is InChI=1S/C26H25F3N4O4/c1-31-14-19(13-30-31)22-7-4-20(26(27,28)29)12-18(22)15-32-10-8-25(9-11-32)16-33(24(36)37-25)21-5-2-17(3-6-21)23(34)35/h2-7,12-14H,8-11,15-16H2,1H3,(H,34,35). The molecular formula is C26H25F3N4O4. The van der Waals surface area contributed by atoms with Crippen LogP contribution in [0, 0.1) is 0 Å². The van der Waals surface area contributed by atoms with Gasteiger partial charge in [-0.1, -0.05) is 6.07 Å². The Labute approximate surface area is 210 Å². The number of alkyl halides is 3. The molecule has 3 heterocycles. The zero-order valence-corrected chi connectivity index (χ0v) is 20.0. The van der Waals surface area contributed by atoms with Crippen LogP contribution in [0.25, 0.3) is 11.1 Å². The van der Waals surface area contributed by atoms with E-state index in [0.717, 1.165) is 11.6 Å². The summed E-state index contributed by atoms with van der Waals surface area (Å²) < 4.78 is 47.7. The second kappa shape index (κ2) is 9.22. The summed E-state index contributed by atoms with van der Waals surface area (Å²) in [7, 11) is 1.75. The molecule has 0 radical (unpaired) electrons. The summed E-state index contributed by atoms with van der Waals surface area (Å²) in [4.78, 5) is 27.3. The van der Waals surface area contributed by atoms with Gasteiger partial charge in [0, 0.05) is 57.0 Å². The van der Waals surface area contributed by atoms with Crippen molar-refractivity contribution in [3.05, 3.63) is 71.5 Å². The second-order valence-corrected chi connectivity index (χ2v) is 9.54. The van der Waals surface area contributed by atoms with Gasteiger partial charge in [0.05, 0.1) is 23.9 Å². The molecule has 0 saturated carbocycles. The summed E-state index contributed by atoms with van der Waals surface area (Å²) >= 11 is 0. The minimum Gasteiger partial charge on any atom is -0.478 e. The quantitative estimate of drug-likeness (QED) is 0.527. The Hall–Kier alpha value is -3.86. The lowest BCUT2D eigenvalue weighted by Crippen LogP contribution is -2.46. The molecule has 37 heavy (non-hydrogen) atoms. The topological polar surface area (TPSA) is 87.9 Å². The molecule has 1 aromatic heterocycles. The number of anilines is 1. The molecule has 2 aliphatic heterocycles. The highest BCUT2D eigenvalue weighted by Gasteiger charge is 2.47. The molecule has 11 heteroatoms. The maximum atomic E-state index is 13.4. The first-order valence-corrected chi connectivity index (χ1v) is 11.8. The molecule has 5 rings (SSSR count). The van der Waals surface area contributed by atoms with Gasteiger partial charge in [0.15, 0.2) is 0 Å². The summed E-state index contributed by atoms with van der Waals surface area (Å²) in [6.45, 7) is 1.73. The Morgan fingerprint density at radius 3 is 2.43 bits per heavy atom. The minimum atomic E-state index is -4.45. The Balaban J connectivity index is 1.30. The first-order valence-electron chi connectivity index (χ1n) is 11.8. The monoisotopic (exact) mass is 514 g/mol. The lowest BCUT2D eigenvalue weighted by molar-refractivity contribution is -0.137. The summed E-state index contributed by atoms with van der Waals surface area (Å²) in [5.74, 6) is -1.05. The Bertz CT molecular complexity index is 1330. The largest absolute Gasteiger partial charge is 0.478 e. The number of carboxylic acids is 1. The number of benzene rings is 2. The van der Waals surface area contributed by atoms with E-state index < -0.39 is 29.4 Å². The van der Waals surface area contributed by atoms with Gasteiger partial charge >= 0.3 is 18.2 Å². The van der Waals surface area contributed by atoms with Crippen molar-refractivity contribution in [3.63, 3.8) is 0 Å². The number of amides is 1. The molecule has 3 aromatic rings. The number of likely N-dealkylation sites (tertiary alicyclic amines) is 1. The zero-order valence-electron chi connectivity index (χ0n) is 20.0. The molecular weight excluding hydrogens is 489 g/mol. The fraction of sp³-hybridized carbons (Fsp3) is 0.346. The van der Waals surface area contributed by atoms with E-state index in [1.165, 1.54) is 29.2 Å². The van der Waals surface area contributed by atoms with Crippen molar-refractivity contribution >= 4 is 17.7 Å². The van der Waals surface area contributed by atoms with E-state index in [0.29, 0.717) is 55.8 Å². The molecule has 1 spiro atoms. The van der Waals surface area contributed by atoms with Crippen LogP contribution < -0.4 is 4.90 Å². The number of ether oxygens (including phenoxy) is 1. The molecule has 1 amide bonds. The maximum absolute atomic E-state index is 13.4. The summed E-state index contributed by atoms with van der Waals surface area (Å²) in [5.41, 5.74) is 1.29. The molecule has 2 aliphatic rings. The van der Waals surface area contributed by atoms with Gasteiger partial charge < -0.3 is 9.84 Å². The van der Waals surface area contributed by atoms with E-state index >= 15 is 0 Å². The van der Waals surface area contributed by atoms with Gasteiger partial charge in [0.1, 0.15) is 5.60 Å². The van der Waals surface area contributed by atoms with E-state index in [2.05, 4.69) is 10.00 Å². The second-order valence-electron chi connectivity index (χ2n) is 9.54. The Kier molecular flexibility index (Phi) is 6.18. The Morgan fingerprint density at radius 2 is 1.84 bits per heavy atom. The normalized spacial score (nSPS) is 17.8. The molecule has 0 aliphatic carbocycles. The van der Waals surface area contributed by atoms with Crippen molar-refractivity contribution in [1.29, 1.82) is 0 Å². The summed E-state index contributed by atoms with van der Waals surface area (Å²) in [5, 5.41) is 13.2. The van der Waals surface area contributed by atoms with Gasteiger partial charge in [-0.3, -0.25) is 14.5 Å². The first kappa shape index (κ1) is 24.8. The lowest BCUT2D eigenvalue weighted by Gasteiger charge is -2.37. The lowest BCUT2D eigenvalue weighted by atomic mass is 9.90. The predicted octanol–water partition coefficient (Wildman–Crippen LogP) is 4.80. The number of carboxylic acid groups (broad SMARTS) is 1. The third-order valence-electron chi connectivity index (χ3n) is 7.01. The summed E-state index contributed by atoms with van der Waals surface area (Å²) in [6, 6.07) is 9.81. The Morgan fingerprint density at radius 1 is 1.14 bits per heavy atom. The first-order chi connectivity index (χ1) is 17.5. The number of aryl methyl sites for hydroxylation is 1. The van der Waals surface area contributed by atoms with Crippen LogP contribution in [0.2, 0.25) is 0 Å².